The van der Waals surface area contributed by atoms with Crippen LogP contribution in [0.5, 0.6) is 0 Å². The monoisotopic (exact) mass is 438 g/mol. The van der Waals surface area contributed by atoms with Crippen LogP contribution in [0.15, 0.2) is 140 Å². The van der Waals surface area contributed by atoms with E-state index < -0.39 is 0 Å². The van der Waals surface area contributed by atoms with E-state index in [-0.39, 0.29) is 0 Å². The molecule has 0 aliphatic heterocycles. The summed E-state index contributed by atoms with van der Waals surface area (Å²) in [6.45, 7) is 2.87. The van der Waals surface area contributed by atoms with Crippen molar-refractivity contribution in [3.8, 4) is 44.8 Å². The van der Waals surface area contributed by atoms with E-state index in [1.165, 1.54) is 44.8 Å². The van der Waals surface area contributed by atoms with E-state index in [4.69, 9.17) is 0 Å². The summed E-state index contributed by atoms with van der Waals surface area (Å²) in [5.41, 5.74) is 9.77. The third kappa shape index (κ3) is 4.33. The van der Waals surface area contributed by atoms with Gasteiger partial charge in [0.1, 0.15) is 0 Å². The molecule has 1 heterocycles. The number of nitrogens with zero attached hydrogens (tertiary/aromatic N) is 1. The van der Waals surface area contributed by atoms with E-state index in [0.29, 0.717) is 0 Å². The van der Waals surface area contributed by atoms with Gasteiger partial charge in [-0.1, -0.05) is 103 Å². The molecule has 0 bridgehead atoms. The minimum atomic E-state index is 0.783. The number of pyridine rings is 1. The highest BCUT2D eigenvalue weighted by Crippen LogP contribution is 2.38. The number of aromatic nitrogens is 1. The molecule has 0 spiro atoms. The lowest BCUT2D eigenvalue weighted by atomic mass is 9.91. The maximum absolute atomic E-state index is 2.48. The molecule has 5 rings (SSSR count). The van der Waals surface area contributed by atoms with Crippen molar-refractivity contribution in [2.45, 2.75) is 13.5 Å². The van der Waals surface area contributed by atoms with Crippen LogP contribution in [0.4, 0.5) is 0 Å². The maximum Gasteiger partial charge on any atom is 0.221 e. The van der Waals surface area contributed by atoms with Crippen molar-refractivity contribution >= 4 is 0 Å². The predicted octanol–water partition coefficient (Wildman–Crippen LogP) is 8.22. The van der Waals surface area contributed by atoms with Crippen LogP contribution in [0, 0.1) is 0 Å². The first-order chi connectivity index (χ1) is 16.9. The van der Waals surface area contributed by atoms with Gasteiger partial charge >= 0.3 is 0 Å². The molecule has 0 amide bonds. The molecule has 0 atom stereocenters. The van der Waals surface area contributed by atoms with Gasteiger partial charge in [0.05, 0.1) is 11.1 Å². The first-order valence-electron chi connectivity index (χ1n) is 11.8. The van der Waals surface area contributed by atoms with Crippen molar-refractivity contribution in [3.63, 3.8) is 0 Å². The third-order valence-corrected chi connectivity index (χ3v) is 6.13. The summed E-state index contributed by atoms with van der Waals surface area (Å²) >= 11 is 0. The Hall–Kier alpha value is -4.23. The molecule has 1 heteroatoms. The van der Waals surface area contributed by atoms with Crippen molar-refractivity contribution in [2.24, 2.45) is 0 Å². The van der Waals surface area contributed by atoms with Crippen LogP contribution in [0.1, 0.15) is 6.92 Å². The van der Waals surface area contributed by atoms with Crippen molar-refractivity contribution in [3.05, 3.63) is 140 Å². The van der Waals surface area contributed by atoms with E-state index in [9.17, 15) is 0 Å². The van der Waals surface area contributed by atoms with Gasteiger partial charge < -0.3 is 0 Å². The van der Waals surface area contributed by atoms with Crippen molar-refractivity contribution in [1.82, 2.24) is 0 Å². The molecule has 0 N–H and O–H groups in total. The number of rotatable bonds is 6. The molecule has 4 aromatic carbocycles. The smallest absolute Gasteiger partial charge is 0.187 e. The Labute approximate surface area is 202 Å². The fraction of sp³-hybridized carbons (Fsp3) is 0.0606. The Morgan fingerprint density at radius 1 is 0.500 bits per heavy atom. The molecule has 0 saturated carbocycles. The van der Waals surface area contributed by atoms with Gasteiger partial charge in [0, 0.05) is 11.1 Å². The van der Waals surface area contributed by atoms with E-state index >= 15 is 0 Å². The first-order valence-corrected chi connectivity index (χ1v) is 11.8. The van der Waals surface area contributed by atoms with Crippen LogP contribution in [0.3, 0.4) is 0 Å². The summed E-state index contributed by atoms with van der Waals surface area (Å²) in [6, 6.07) is 45.3. The second-order valence-electron chi connectivity index (χ2n) is 8.31. The van der Waals surface area contributed by atoms with Gasteiger partial charge in [-0.3, -0.25) is 0 Å². The van der Waals surface area contributed by atoms with Gasteiger partial charge in [0.2, 0.25) is 11.4 Å². The summed E-state index contributed by atoms with van der Waals surface area (Å²) in [5.74, 6) is 0. The second kappa shape index (κ2) is 10.1. The van der Waals surface area contributed by atoms with Crippen LogP contribution in [-0.4, -0.2) is 0 Å². The van der Waals surface area contributed by atoms with Crippen LogP contribution in [0.25, 0.3) is 44.8 Å². The van der Waals surface area contributed by atoms with E-state index in [0.717, 1.165) is 6.54 Å². The first kappa shape index (κ1) is 21.6. The topological polar surface area (TPSA) is 3.88 Å². The SMILES string of the molecule is CC=CC[n+]1c(-c2ccccc2)c(-c2ccccc2)cc(-c2ccccc2)c1-c1ccccc1. The molecular formula is C33H28N+. The van der Waals surface area contributed by atoms with Crippen LogP contribution in [0.2, 0.25) is 0 Å². The Bertz CT molecular complexity index is 1290. The fourth-order valence-corrected chi connectivity index (χ4v) is 4.57. The number of allylic oxidation sites excluding steroid dienone is 2. The standard InChI is InChI=1S/C33H28N/c1-2-3-24-34-32(28-20-12-6-13-21-28)30(26-16-8-4-9-17-26)25-31(27-18-10-5-11-19-27)33(34)29-22-14-7-15-23-29/h2-23,25H,24H2,1H3/q+1. The zero-order valence-electron chi connectivity index (χ0n) is 19.4. The Kier molecular flexibility index (Phi) is 6.45. The lowest BCUT2D eigenvalue weighted by Crippen LogP contribution is -2.39. The van der Waals surface area contributed by atoms with E-state index in [2.05, 4.69) is 151 Å². The zero-order valence-corrected chi connectivity index (χ0v) is 19.4. The van der Waals surface area contributed by atoms with Crippen LogP contribution in [-0.2, 0) is 6.54 Å². The summed E-state index contributed by atoms with van der Waals surface area (Å²) in [6.07, 6.45) is 4.37. The molecule has 0 fully saturated rings. The largest absolute Gasteiger partial charge is 0.221 e. The highest BCUT2D eigenvalue weighted by Gasteiger charge is 2.28. The van der Waals surface area contributed by atoms with E-state index in [1.54, 1.807) is 0 Å². The summed E-state index contributed by atoms with van der Waals surface area (Å²) in [4.78, 5) is 0. The Balaban J connectivity index is 1.95. The lowest BCUT2D eigenvalue weighted by molar-refractivity contribution is -0.664. The summed E-state index contributed by atoms with van der Waals surface area (Å²) in [7, 11) is 0. The molecule has 1 nitrogen and oxygen atoms in total. The van der Waals surface area contributed by atoms with E-state index in [1.807, 2.05) is 0 Å². The van der Waals surface area contributed by atoms with Gasteiger partial charge in [0.25, 0.3) is 0 Å². The van der Waals surface area contributed by atoms with Gasteiger partial charge in [-0.2, -0.15) is 4.57 Å². The molecule has 0 unspecified atom stereocenters. The highest BCUT2D eigenvalue weighted by atomic mass is 15.0. The van der Waals surface area contributed by atoms with Crippen molar-refractivity contribution in [2.75, 3.05) is 0 Å². The third-order valence-electron chi connectivity index (χ3n) is 6.13. The van der Waals surface area contributed by atoms with Crippen molar-refractivity contribution in [1.29, 1.82) is 0 Å². The average molecular weight is 439 g/mol. The number of benzene rings is 4. The van der Waals surface area contributed by atoms with Gasteiger partial charge in [-0.05, 0) is 54.5 Å². The van der Waals surface area contributed by atoms with Crippen molar-refractivity contribution < 1.29 is 4.57 Å². The molecule has 0 saturated heterocycles. The van der Waals surface area contributed by atoms with Crippen LogP contribution < -0.4 is 4.57 Å². The molecule has 0 aliphatic rings. The van der Waals surface area contributed by atoms with Gasteiger partial charge in [0.15, 0.2) is 6.54 Å². The lowest BCUT2D eigenvalue weighted by Gasteiger charge is -2.17. The highest BCUT2D eigenvalue weighted by molar-refractivity contribution is 5.88. The summed E-state index contributed by atoms with van der Waals surface area (Å²) in [5, 5.41) is 0. The molecule has 1 aromatic heterocycles. The minimum Gasteiger partial charge on any atom is -0.187 e. The molecule has 0 aliphatic carbocycles. The number of hydrogen-bond acceptors (Lipinski definition) is 0. The minimum absolute atomic E-state index is 0.783. The fourth-order valence-electron chi connectivity index (χ4n) is 4.57. The normalized spacial score (nSPS) is 11.1. The van der Waals surface area contributed by atoms with Gasteiger partial charge in [-0.15, -0.1) is 0 Å². The molecule has 164 valence electrons. The molecule has 34 heavy (non-hydrogen) atoms. The predicted molar refractivity (Wildman–Crippen MR) is 143 cm³/mol. The maximum atomic E-state index is 2.48. The zero-order chi connectivity index (χ0) is 23.2. The Morgan fingerprint density at radius 3 is 1.21 bits per heavy atom. The summed E-state index contributed by atoms with van der Waals surface area (Å²) < 4.78 is 2.48. The molecule has 0 radical (unpaired) electrons. The number of hydrogen-bond donors (Lipinski definition) is 0. The quantitative estimate of drug-likeness (QED) is 0.186. The average Bonchev–Trinajstić information content (AvgIpc) is 2.93. The molecule has 5 aromatic rings. The second-order valence-corrected chi connectivity index (χ2v) is 8.31. The molecular weight excluding hydrogens is 410 g/mol. The van der Waals surface area contributed by atoms with Gasteiger partial charge in [-0.25, -0.2) is 0 Å². The van der Waals surface area contributed by atoms with Crippen LogP contribution >= 0.6 is 0 Å². The Morgan fingerprint density at radius 2 is 0.853 bits per heavy atom.